The Morgan fingerprint density at radius 3 is 2.33 bits per heavy atom. The molecule has 0 aliphatic carbocycles. The highest BCUT2D eigenvalue weighted by atomic mass is 32.2. The first-order valence-corrected chi connectivity index (χ1v) is 11.3. The molecule has 1 unspecified atom stereocenters. The third-order valence-corrected chi connectivity index (χ3v) is 6.57. The third-order valence-electron chi connectivity index (χ3n) is 5.03. The summed E-state index contributed by atoms with van der Waals surface area (Å²) in [7, 11) is 0. The summed E-state index contributed by atoms with van der Waals surface area (Å²) in [6.07, 6.45) is 1.55. The van der Waals surface area contributed by atoms with Crippen LogP contribution in [-0.4, -0.2) is 59.8 Å². The van der Waals surface area contributed by atoms with Crippen LogP contribution in [0.4, 0.5) is 5.82 Å². The first-order chi connectivity index (χ1) is 14.5. The zero-order chi connectivity index (χ0) is 21.5. The van der Waals surface area contributed by atoms with Gasteiger partial charge in [-0.25, -0.2) is 9.78 Å². The second kappa shape index (κ2) is 10.5. The van der Waals surface area contributed by atoms with Crippen molar-refractivity contribution in [3.63, 3.8) is 0 Å². The van der Waals surface area contributed by atoms with Gasteiger partial charge in [0.2, 0.25) is 5.91 Å². The number of hydrogen-bond acceptors (Lipinski definition) is 6. The molecule has 1 aromatic carbocycles. The maximum absolute atomic E-state index is 13.2. The van der Waals surface area contributed by atoms with Crippen LogP contribution in [0.2, 0.25) is 0 Å². The predicted octanol–water partition coefficient (Wildman–Crippen LogP) is 3.72. The van der Waals surface area contributed by atoms with Crippen molar-refractivity contribution in [3.8, 4) is 0 Å². The predicted molar refractivity (Wildman–Crippen MR) is 120 cm³/mol. The van der Waals surface area contributed by atoms with Crippen LogP contribution < -0.4 is 4.90 Å². The van der Waals surface area contributed by atoms with Gasteiger partial charge in [-0.1, -0.05) is 32.0 Å². The van der Waals surface area contributed by atoms with Gasteiger partial charge in [-0.15, -0.1) is 11.8 Å². The summed E-state index contributed by atoms with van der Waals surface area (Å²) in [5.41, 5.74) is 0.451. The Bertz CT molecular complexity index is 835. The molecule has 1 aliphatic heterocycles. The van der Waals surface area contributed by atoms with E-state index in [1.807, 2.05) is 29.2 Å². The van der Waals surface area contributed by atoms with Gasteiger partial charge in [-0.05, 0) is 37.1 Å². The van der Waals surface area contributed by atoms with Crippen molar-refractivity contribution >= 4 is 29.5 Å². The Hall–Kier alpha value is -2.54. The van der Waals surface area contributed by atoms with Crippen LogP contribution in [0.1, 0.15) is 31.1 Å². The maximum atomic E-state index is 13.2. The molecule has 7 heteroatoms. The van der Waals surface area contributed by atoms with E-state index in [0.717, 1.165) is 23.8 Å². The smallest absolute Gasteiger partial charge is 0.339 e. The average molecular weight is 428 g/mol. The number of thioether (sulfide) groups is 1. The van der Waals surface area contributed by atoms with Gasteiger partial charge in [0.1, 0.15) is 5.82 Å². The number of hydrogen-bond donors (Lipinski definition) is 0. The number of ether oxygens (including phenoxy) is 1. The lowest BCUT2D eigenvalue weighted by Gasteiger charge is -2.37. The van der Waals surface area contributed by atoms with Crippen LogP contribution in [0.15, 0.2) is 53.6 Å². The lowest BCUT2D eigenvalue weighted by Crippen LogP contribution is -2.52. The van der Waals surface area contributed by atoms with Crippen LogP contribution in [-0.2, 0) is 9.53 Å². The van der Waals surface area contributed by atoms with E-state index in [-0.39, 0.29) is 23.0 Å². The van der Waals surface area contributed by atoms with Gasteiger partial charge < -0.3 is 14.5 Å². The highest BCUT2D eigenvalue weighted by Crippen LogP contribution is 2.30. The number of esters is 1. The van der Waals surface area contributed by atoms with E-state index < -0.39 is 0 Å². The molecule has 0 radical (unpaired) electrons. The minimum Gasteiger partial charge on any atom is -0.462 e. The first kappa shape index (κ1) is 22.2. The van der Waals surface area contributed by atoms with Gasteiger partial charge in [-0.2, -0.15) is 0 Å². The summed E-state index contributed by atoms with van der Waals surface area (Å²) in [4.78, 5) is 34.6. The Kier molecular flexibility index (Phi) is 7.74. The van der Waals surface area contributed by atoms with E-state index in [1.54, 1.807) is 30.9 Å². The number of pyridine rings is 1. The van der Waals surface area contributed by atoms with Crippen LogP contribution in [0.3, 0.4) is 0 Å². The van der Waals surface area contributed by atoms with E-state index in [0.29, 0.717) is 25.3 Å². The van der Waals surface area contributed by atoms with Crippen LogP contribution in [0.25, 0.3) is 0 Å². The monoisotopic (exact) mass is 427 g/mol. The number of nitrogens with zero attached hydrogens (tertiary/aromatic N) is 3. The van der Waals surface area contributed by atoms with Crippen molar-refractivity contribution in [3.05, 3.63) is 54.2 Å². The Balaban J connectivity index is 1.58. The van der Waals surface area contributed by atoms with Crippen molar-refractivity contribution < 1.29 is 14.3 Å². The van der Waals surface area contributed by atoms with Gasteiger partial charge >= 0.3 is 5.97 Å². The largest absolute Gasteiger partial charge is 0.462 e. The topological polar surface area (TPSA) is 62.7 Å². The summed E-state index contributed by atoms with van der Waals surface area (Å²) in [6.45, 7) is 9.10. The summed E-state index contributed by atoms with van der Waals surface area (Å²) < 4.78 is 5.00. The molecular formula is C23H29N3O3S. The van der Waals surface area contributed by atoms with Crippen molar-refractivity contribution in [1.29, 1.82) is 0 Å². The molecule has 0 spiro atoms. The second-order valence-corrected chi connectivity index (χ2v) is 8.75. The summed E-state index contributed by atoms with van der Waals surface area (Å²) in [6, 6.07) is 13.7. The van der Waals surface area contributed by atoms with Crippen LogP contribution in [0.5, 0.6) is 0 Å². The number of carbonyl (C=O) groups is 2. The van der Waals surface area contributed by atoms with Gasteiger partial charge in [-0.3, -0.25) is 4.79 Å². The standard InChI is InChI=1S/C23H29N3O3S/c1-4-29-23(28)18-10-11-20(24-16-18)25-12-14-26(15-13-25)22(27)21(17(2)3)30-19-8-6-5-7-9-19/h5-11,16-17,21H,4,12-15H2,1-3H3. The molecule has 2 heterocycles. The molecule has 1 aromatic heterocycles. The van der Waals surface area contributed by atoms with Crippen molar-refractivity contribution in [2.24, 2.45) is 5.92 Å². The van der Waals surface area contributed by atoms with E-state index in [9.17, 15) is 9.59 Å². The van der Waals surface area contributed by atoms with Crippen LogP contribution >= 0.6 is 11.8 Å². The lowest BCUT2D eigenvalue weighted by molar-refractivity contribution is -0.131. The molecule has 2 aromatic rings. The fraction of sp³-hybridized carbons (Fsp3) is 0.435. The molecule has 1 atom stereocenters. The fourth-order valence-corrected chi connectivity index (χ4v) is 4.49. The van der Waals surface area contributed by atoms with Gasteiger partial charge in [0.15, 0.2) is 0 Å². The molecule has 0 saturated carbocycles. The molecule has 1 fully saturated rings. The number of benzene rings is 1. The highest BCUT2D eigenvalue weighted by molar-refractivity contribution is 8.00. The number of carbonyl (C=O) groups excluding carboxylic acids is 2. The quantitative estimate of drug-likeness (QED) is 0.496. The molecule has 160 valence electrons. The summed E-state index contributed by atoms with van der Waals surface area (Å²) in [5.74, 6) is 0.902. The minimum atomic E-state index is -0.359. The average Bonchev–Trinajstić information content (AvgIpc) is 2.78. The number of rotatable bonds is 7. The minimum absolute atomic E-state index is 0.0964. The van der Waals surface area contributed by atoms with Gasteiger partial charge in [0.25, 0.3) is 0 Å². The molecule has 0 N–H and O–H groups in total. The van der Waals surface area contributed by atoms with E-state index in [1.165, 1.54) is 0 Å². The molecule has 1 amide bonds. The first-order valence-electron chi connectivity index (χ1n) is 10.4. The lowest BCUT2D eigenvalue weighted by atomic mass is 10.1. The molecule has 3 rings (SSSR count). The van der Waals surface area contributed by atoms with Crippen molar-refractivity contribution in [1.82, 2.24) is 9.88 Å². The van der Waals surface area contributed by atoms with E-state index in [4.69, 9.17) is 4.74 Å². The van der Waals surface area contributed by atoms with Gasteiger partial charge in [0.05, 0.1) is 17.4 Å². The number of aromatic nitrogens is 1. The van der Waals surface area contributed by atoms with Crippen molar-refractivity contribution in [2.45, 2.75) is 30.9 Å². The summed E-state index contributed by atoms with van der Waals surface area (Å²) >= 11 is 1.64. The highest BCUT2D eigenvalue weighted by Gasteiger charge is 2.30. The number of amides is 1. The zero-order valence-electron chi connectivity index (χ0n) is 17.8. The van der Waals surface area contributed by atoms with Gasteiger partial charge in [0, 0.05) is 37.3 Å². The van der Waals surface area contributed by atoms with Crippen LogP contribution in [0, 0.1) is 5.92 Å². The molecule has 6 nitrogen and oxygen atoms in total. The van der Waals surface area contributed by atoms with E-state index >= 15 is 0 Å². The molecule has 1 aliphatic rings. The molecule has 30 heavy (non-hydrogen) atoms. The SMILES string of the molecule is CCOC(=O)c1ccc(N2CCN(C(=O)C(Sc3ccccc3)C(C)C)CC2)nc1. The molecule has 0 bridgehead atoms. The fourth-order valence-electron chi connectivity index (χ4n) is 3.36. The molecule has 1 saturated heterocycles. The normalized spacial score (nSPS) is 15.2. The Labute approximate surface area is 182 Å². The number of anilines is 1. The molecular weight excluding hydrogens is 398 g/mol. The zero-order valence-corrected chi connectivity index (χ0v) is 18.6. The van der Waals surface area contributed by atoms with E-state index in [2.05, 4.69) is 35.9 Å². The maximum Gasteiger partial charge on any atom is 0.339 e. The Morgan fingerprint density at radius 1 is 1.07 bits per heavy atom. The Morgan fingerprint density at radius 2 is 1.77 bits per heavy atom. The summed E-state index contributed by atoms with van der Waals surface area (Å²) in [5, 5.41) is -0.0964. The van der Waals surface area contributed by atoms with Crippen molar-refractivity contribution in [2.75, 3.05) is 37.7 Å². The second-order valence-electron chi connectivity index (χ2n) is 7.53. The number of piperazine rings is 1. The third kappa shape index (κ3) is 5.53.